The van der Waals surface area contributed by atoms with Crippen LogP contribution < -0.4 is 5.01 Å². The van der Waals surface area contributed by atoms with Crippen molar-refractivity contribution in [3.8, 4) is 0 Å². The zero-order valence-electron chi connectivity index (χ0n) is 21.0. The predicted octanol–water partition coefficient (Wildman–Crippen LogP) is 8.92. The number of hydrogen-bond acceptors (Lipinski definition) is 3. The summed E-state index contributed by atoms with van der Waals surface area (Å²) in [4.78, 5) is 4.98. The van der Waals surface area contributed by atoms with Crippen LogP contribution in [0.25, 0.3) is 10.8 Å². The van der Waals surface area contributed by atoms with Crippen LogP contribution in [0.2, 0.25) is 0 Å². The van der Waals surface area contributed by atoms with Crippen LogP contribution >= 0.6 is 11.8 Å². The van der Waals surface area contributed by atoms with Gasteiger partial charge in [0.15, 0.2) is 5.84 Å². The van der Waals surface area contributed by atoms with Gasteiger partial charge in [-0.25, -0.2) is 5.01 Å². The highest BCUT2D eigenvalue weighted by Gasteiger charge is 2.28. The fourth-order valence-corrected chi connectivity index (χ4v) is 5.10. The molecule has 0 amide bonds. The van der Waals surface area contributed by atoms with Crippen molar-refractivity contribution >= 4 is 40.8 Å². The number of aliphatic imine (C=N–C) groups is 1. The fourth-order valence-electron chi connectivity index (χ4n) is 4.50. The Morgan fingerprint density at radius 1 is 1.03 bits per heavy atom. The second kappa shape index (κ2) is 11.8. The minimum absolute atomic E-state index is 0.0317. The molecule has 3 aromatic rings. The van der Waals surface area contributed by atoms with Crippen LogP contribution in [0.15, 0.2) is 100 Å². The van der Waals surface area contributed by atoms with Gasteiger partial charge in [0, 0.05) is 18.0 Å². The van der Waals surface area contributed by atoms with Crippen LogP contribution in [0, 0.1) is 5.92 Å². The molecule has 0 heterocycles. The molecule has 1 aliphatic carbocycles. The molecule has 1 atom stereocenters. The first-order valence-corrected chi connectivity index (χ1v) is 13.3. The maximum atomic E-state index is 12.9. The molecular formula is C30H30F3N3S. The third kappa shape index (κ3) is 6.72. The number of hydrogen-bond donors (Lipinski definition) is 0. The lowest BCUT2D eigenvalue weighted by molar-refractivity contribution is -0.0329. The maximum Gasteiger partial charge on any atom is 0.442 e. The van der Waals surface area contributed by atoms with Crippen molar-refractivity contribution in [2.24, 2.45) is 16.0 Å². The molecule has 3 aromatic carbocycles. The molecule has 0 aliphatic heterocycles. The standard InChI is InChI=1S/C30H30F3N3S/c1-4-22-17-21(2)13-16-28(22)29(35-19-25-11-7-8-12-26(25)20-37-30(31,32)33)36(34-3)27-15-14-23-9-5-6-10-24(23)18-27/h5-12,14-18,21H,3-4,13,19-20H2,1-2H3/b35-29-. The van der Waals surface area contributed by atoms with Crippen molar-refractivity contribution in [2.75, 3.05) is 5.01 Å². The van der Waals surface area contributed by atoms with Gasteiger partial charge in [-0.3, -0.25) is 4.99 Å². The zero-order chi connectivity index (χ0) is 26.4. The Bertz CT molecular complexity index is 1360. The Morgan fingerprint density at radius 2 is 1.73 bits per heavy atom. The number of fused-ring (bicyclic) bond motifs is 1. The average Bonchev–Trinajstić information content (AvgIpc) is 2.89. The molecule has 0 radical (unpaired) electrons. The Kier molecular flexibility index (Phi) is 8.54. The molecule has 192 valence electrons. The topological polar surface area (TPSA) is 28.0 Å². The first-order valence-electron chi connectivity index (χ1n) is 12.3. The smallest absolute Gasteiger partial charge is 0.261 e. The highest BCUT2D eigenvalue weighted by molar-refractivity contribution is 7.99. The van der Waals surface area contributed by atoms with Crippen molar-refractivity contribution in [1.82, 2.24) is 0 Å². The SMILES string of the molecule is C=NN(/C(=N\Cc1ccccc1CSC(F)(F)F)C1=CCC(C)C=C1CC)c1ccc2ccccc2c1. The molecule has 0 bridgehead atoms. The Morgan fingerprint density at radius 3 is 2.43 bits per heavy atom. The van der Waals surface area contributed by atoms with Gasteiger partial charge in [-0.15, -0.1) is 0 Å². The molecule has 1 aliphatic rings. The van der Waals surface area contributed by atoms with Crippen molar-refractivity contribution in [3.63, 3.8) is 0 Å². The molecule has 1 unspecified atom stereocenters. The summed E-state index contributed by atoms with van der Waals surface area (Å²) in [5.74, 6) is 0.910. The van der Waals surface area contributed by atoms with E-state index in [2.05, 4.69) is 50.0 Å². The summed E-state index contributed by atoms with van der Waals surface area (Å²) < 4.78 is 38.7. The number of hydrazone groups is 1. The Labute approximate surface area is 220 Å². The van der Waals surface area contributed by atoms with Crippen LogP contribution in [0.1, 0.15) is 37.8 Å². The molecule has 0 N–H and O–H groups in total. The number of allylic oxidation sites excluding steroid dienone is 2. The average molecular weight is 522 g/mol. The number of alkyl halides is 3. The van der Waals surface area contributed by atoms with E-state index in [1.54, 1.807) is 17.1 Å². The molecule has 37 heavy (non-hydrogen) atoms. The van der Waals surface area contributed by atoms with E-state index in [1.165, 1.54) is 5.57 Å². The first-order chi connectivity index (χ1) is 17.8. The second-order valence-electron chi connectivity index (χ2n) is 9.00. The number of thioether (sulfide) groups is 1. The summed E-state index contributed by atoms with van der Waals surface area (Å²) >= 11 is -0.0317. The van der Waals surface area contributed by atoms with Gasteiger partial charge in [0.05, 0.1) is 12.2 Å². The quantitative estimate of drug-likeness (QED) is 0.168. The maximum absolute atomic E-state index is 12.9. The van der Waals surface area contributed by atoms with Crippen LogP contribution in [-0.4, -0.2) is 18.1 Å². The van der Waals surface area contributed by atoms with E-state index >= 15 is 0 Å². The van der Waals surface area contributed by atoms with Crippen molar-refractivity contribution in [3.05, 3.63) is 101 Å². The summed E-state index contributed by atoms with van der Waals surface area (Å²) in [6.45, 7) is 8.37. The lowest BCUT2D eigenvalue weighted by Crippen LogP contribution is -2.29. The molecule has 0 fully saturated rings. The second-order valence-corrected chi connectivity index (χ2v) is 10.0. The number of halogens is 3. The molecule has 7 heteroatoms. The number of benzene rings is 3. The van der Waals surface area contributed by atoms with Gasteiger partial charge < -0.3 is 0 Å². The van der Waals surface area contributed by atoms with E-state index in [1.807, 2.05) is 42.5 Å². The van der Waals surface area contributed by atoms with Gasteiger partial charge in [0.2, 0.25) is 0 Å². The highest BCUT2D eigenvalue weighted by Crippen LogP contribution is 2.34. The van der Waals surface area contributed by atoms with Crippen LogP contribution in [0.5, 0.6) is 0 Å². The van der Waals surface area contributed by atoms with Crippen LogP contribution in [-0.2, 0) is 12.3 Å². The Balaban J connectivity index is 1.76. The number of anilines is 1. The summed E-state index contributed by atoms with van der Waals surface area (Å²) in [6, 6.07) is 21.3. The molecule has 0 saturated carbocycles. The summed E-state index contributed by atoms with van der Waals surface area (Å²) in [5.41, 5.74) is 0.0748. The number of amidine groups is 1. The third-order valence-electron chi connectivity index (χ3n) is 6.38. The monoisotopic (exact) mass is 521 g/mol. The summed E-state index contributed by atoms with van der Waals surface area (Å²) in [6.07, 6.45) is 6.16. The van der Waals surface area contributed by atoms with Crippen LogP contribution in [0.3, 0.4) is 0 Å². The van der Waals surface area contributed by atoms with E-state index in [9.17, 15) is 13.2 Å². The van der Waals surface area contributed by atoms with Gasteiger partial charge in [-0.1, -0.05) is 80.6 Å². The first kappa shape index (κ1) is 26.7. The summed E-state index contributed by atoms with van der Waals surface area (Å²) in [7, 11) is 0. The van der Waals surface area contributed by atoms with E-state index in [4.69, 9.17) is 4.99 Å². The highest BCUT2D eigenvalue weighted by atomic mass is 32.2. The van der Waals surface area contributed by atoms with Crippen molar-refractivity contribution in [2.45, 2.75) is 44.5 Å². The molecule has 3 nitrogen and oxygen atoms in total. The minimum Gasteiger partial charge on any atom is -0.261 e. The third-order valence-corrected chi connectivity index (χ3v) is 7.16. The van der Waals surface area contributed by atoms with E-state index in [0.29, 0.717) is 17.3 Å². The number of rotatable bonds is 8. The van der Waals surface area contributed by atoms with E-state index < -0.39 is 5.51 Å². The number of nitrogens with zero attached hydrogens (tertiary/aromatic N) is 3. The van der Waals surface area contributed by atoms with Crippen molar-refractivity contribution < 1.29 is 13.2 Å². The fraction of sp³-hybridized carbons (Fsp3) is 0.267. The lowest BCUT2D eigenvalue weighted by atomic mass is 9.89. The molecule has 0 saturated heterocycles. The normalized spacial score (nSPS) is 16.4. The van der Waals surface area contributed by atoms with Gasteiger partial charge in [0.1, 0.15) is 0 Å². The van der Waals surface area contributed by atoms with Crippen LogP contribution in [0.4, 0.5) is 18.9 Å². The van der Waals surface area contributed by atoms with Gasteiger partial charge >= 0.3 is 5.51 Å². The van der Waals surface area contributed by atoms with Gasteiger partial charge in [-0.2, -0.15) is 18.3 Å². The largest absolute Gasteiger partial charge is 0.442 e. The van der Waals surface area contributed by atoms with Gasteiger partial charge in [-0.05, 0) is 70.1 Å². The zero-order valence-corrected chi connectivity index (χ0v) is 21.8. The van der Waals surface area contributed by atoms with E-state index in [-0.39, 0.29) is 24.1 Å². The van der Waals surface area contributed by atoms with E-state index in [0.717, 1.165) is 40.4 Å². The molecular weight excluding hydrogens is 491 g/mol. The molecule has 4 rings (SSSR count). The lowest BCUT2D eigenvalue weighted by Gasteiger charge is -2.27. The van der Waals surface area contributed by atoms with Gasteiger partial charge in [0.25, 0.3) is 0 Å². The summed E-state index contributed by atoms with van der Waals surface area (Å²) in [5, 5.41) is 8.29. The van der Waals surface area contributed by atoms with Crippen molar-refractivity contribution in [1.29, 1.82) is 0 Å². The Hall–Kier alpha value is -3.32. The molecule has 0 spiro atoms. The predicted molar refractivity (Wildman–Crippen MR) is 151 cm³/mol. The molecule has 0 aromatic heterocycles. The minimum atomic E-state index is -4.29.